The van der Waals surface area contributed by atoms with Crippen LogP contribution in [0.15, 0.2) is 48.5 Å². The molecule has 2 aromatic carbocycles. The molecular formula is C22H26N4O4S. The highest BCUT2D eigenvalue weighted by atomic mass is 32.1. The minimum Gasteiger partial charge on any atom is -0.491 e. The number of benzene rings is 2. The van der Waals surface area contributed by atoms with E-state index in [4.69, 9.17) is 17.0 Å². The third kappa shape index (κ3) is 7.71. The molecule has 0 saturated heterocycles. The number of nitrogens with one attached hydrogen (secondary N) is 4. The van der Waals surface area contributed by atoms with Crippen LogP contribution in [0.2, 0.25) is 0 Å². The van der Waals surface area contributed by atoms with E-state index < -0.39 is 11.8 Å². The number of carbonyl (C=O) groups is 3. The summed E-state index contributed by atoms with van der Waals surface area (Å²) in [6.07, 6.45) is 0.0371. The number of thiocarbonyl (C=S) groups is 1. The Labute approximate surface area is 186 Å². The predicted octanol–water partition coefficient (Wildman–Crippen LogP) is 3.02. The fourth-order valence-corrected chi connectivity index (χ4v) is 2.48. The lowest BCUT2D eigenvalue weighted by molar-refractivity contribution is -0.118. The largest absolute Gasteiger partial charge is 0.491 e. The number of ether oxygens (including phenoxy) is 1. The number of amides is 3. The molecule has 2 rings (SSSR count). The van der Waals surface area contributed by atoms with Crippen molar-refractivity contribution in [3.63, 3.8) is 0 Å². The summed E-state index contributed by atoms with van der Waals surface area (Å²) >= 11 is 5.04. The van der Waals surface area contributed by atoms with Crippen LogP contribution in [-0.4, -0.2) is 28.9 Å². The summed E-state index contributed by atoms with van der Waals surface area (Å²) in [5.74, 6) is -0.465. The van der Waals surface area contributed by atoms with Crippen molar-refractivity contribution in [1.82, 2.24) is 16.2 Å². The minimum absolute atomic E-state index is 0.0371. The number of hydrogen-bond acceptors (Lipinski definition) is 5. The van der Waals surface area contributed by atoms with Gasteiger partial charge in [-0.2, -0.15) is 0 Å². The summed E-state index contributed by atoms with van der Waals surface area (Å²) in [4.78, 5) is 36.2. The Morgan fingerprint density at radius 1 is 0.806 bits per heavy atom. The predicted molar refractivity (Wildman–Crippen MR) is 123 cm³/mol. The number of hydrazine groups is 1. The molecule has 0 aliphatic carbocycles. The Balaban J connectivity index is 1.83. The molecule has 8 nitrogen and oxygen atoms in total. The van der Waals surface area contributed by atoms with Crippen LogP contribution in [0.3, 0.4) is 0 Å². The second-order valence-electron chi connectivity index (χ2n) is 7.27. The van der Waals surface area contributed by atoms with E-state index in [1.807, 2.05) is 13.8 Å². The zero-order valence-corrected chi connectivity index (χ0v) is 18.6. The average Bonchev–Trinajstić information content (AvgIpc) is 2.72. The summed E-state index contributed by atoms with van der Waals surface area (Å²) in [5, 5.41) is 5.17. The van der Waals surface area contributed by atoms with Crippen LogP contribution >= 0.6 is 12.2 Å². The van der Waals surface area contributed by atoms with Gasteiger partial charge in [0.25, 0.3) is 11.8 Å². The van der Waals surface area contributed by atoms with Gasteiger partial charge in [-0.25, -0.2) is 0 Å². The fourth-order valence-electron chi connectivity index (χ4n) is 2.34. The lowest BCUT2D eigenvalue weighted by Crippen LogP contribution is -2.48. The molecule has 0 atom stereocenters. The van der Waals surface area contributed by atoms with Crippen molar-refractivity contribution >= 4 is 40.7 Å². The van der Waals surface area contributed by atoms with Gasteiger partial charge in [-0.1, -0.05) is 13.8 Å². The molecule has 0 fully saturated rings. The van der Waals surface area contributed by atoms with E-state index in [1.54, 1.807) is 62.4 Å². The Hall–Kier alpha value is -3.46. The molecule has 0 heterocycles. The lowest BCUT2D eigenvalue weighted by Gasteiger charge is -2.12. The fraction of sp³-hybridized carbons (Fsp3) is 0.273. The van der Waals surface area contributed by atoms with Gasteiger partial charge in [0.05, 0.1) is 6.10 Å². The molecule has 0 unspecified atom stereocenters. The summed E-state index contributed by atoms with van der Waals surface area (Å²) in [6, 6.07) is 13.0. The molecule has 9 heteroatoms. The molecule has 0 bridgehead atoms. The highest BCUT2D eigenvalue weighted by molar-refractivity contribution is 7.80. The Morgan fingerprint density at radius 2 is 1.35 bits per heavy atom. The van der Waals surface area contributed by atoms with Crippen LogP contribution < -0.4 is 26.2 Å². The molecule has 31 heavy (non-hydrogen) atoms. The lowest BCUT2D eigenvalue weighted by atomic mass is 10.1. The minimum atomic E-state index is -0.450. The van der Waals surface area contributed by atoms with Crippen molar-refractivity contribution in [1.29, 1.82) is 0 Å². The normalized spacial score (nSPS) is 10.4. The molecule has 0 aliphatic rings. The van der Waals surface area contributed by atoms with E-state index in [0.29, 0.717) is 22.6 Å². The highest BCUT2D eigenvalue weighted by Gasteiger charge is 2.11. The van der Waals surface area contributed by atoms with Crippen LogP contribution in [0.25, 0.3) is 0 Å². The van der Waals surface area contributed by atoms with E-state index in [0.717, 1.165) is 0 Å². The first-order valence-electron chi connectivity index (χ1n) is 9.75. The summed E-state index contributed by atoms with van der Waals surface area (Å²) in [7, 11) is 0. The van der Waals surface area contributed by atoms with Crippen molar-refractivity contribution < 1.29 is 19.1 Å². The van der Waals surface area contributed by atoms with Gasteiger partial charge in [-0.05, 0) is 74.6 Å². The van der Waals surface area contributed by atoms with E-state index >= 15 is 0 Å². The van der Waals surface area contributed by atoms with Crippen LogP contribution in [0.1, 0.15) is 48.4 Å². The monoisotopic (exact) mass is 442 g/mol. The molecule has 0 radical (unpaired) electrons. The Morgan fingerprint density at radius 3 is 1.90 bits per heavy atom. The second-order valence-corrected chi connectivity index (χ2v) is 7.68. The van der Waals surface area contributed by atoms with Gasteiger partial charge in [0, 0.05) is 22.7 Å². The van der Waals surface area contributed by atoms with Crippen LogP contribution in [0.5, 0.6) is 5.75 Å². The summed E-state index contributed by atoms with van der Waals surface area (Å²) in [5.41, 5.74) is 6.24. The highest BCUT2D eigenvalue weighted by Crippen LogP contribution is 2.14. The van der Waals surface area contributed by atoms with E-state index in [2.05, 4.69) is 21.5 Å². The SMILES string of the molecule is CC(C)Oc1ccc(C(=O)NC(=S)NNC(=O)c2ccc(NC(=O)C(C)C)cc2)cc1. The second kappa shape index (κ2) is 11.1. The first-order chi connectivity index (χ1) is 14.7. The molecule has 2 aromatic rings. The molecule has 0 aromatic heterocycles. The molecule has 3 amide bonds. The summed E-state index contributed by atoms with van der Waals surface area (Å²) in [6.45, 7) is 7.41. The van der Waals surface area contributed by atoms with E-state index in [9.17, 15) is 14.4 Å². The first kappa shape index (κ1) is 23.8. The van der Waals surface area contributed by atoms with Crippen molar-refractivity contribution in [3.05, 3.63) is 59.7 Å². The maximum absolute atomic E-state index is 12.3. The third-order valence-corrected chi connectivity index (χ3v) is 4.15. The van der Waals surface area contributed by atoms with Gasteiger partial charge in [0.15, 0.2) is 5.11 Å². The van der Waals surface area contributed by atoms with Crippen molar-refractivity contribution in [2.45, 2.75) is 33.8 Å². The quantitative estimate of drug-likeness (QED) is 0.405. The smallest absolute Gasteiger partial charge is 0.269 e. The maximum Gasteiger partial charge on any atom is 0.269 e. The van der Waals surface area contributed by atoms with Crippen LogP contribution in [0, 0.1) is 5.92 Å². The standard InChI is InChI=1S/C22H26N4O4S/c1-13(2)19(27)23-17-9-5-16(6-10-17)21(29)25-26-22(31)24-20(28)15-7-11-18(12-8-15)30-14(3)4/h5-14H,1-4H3,(H,23,27)(H,25,29)(H2,24,26,28,31). The molecule has 0 saturated carbocycles. The Kier molecular flexibility index (Phi) is 8.51. The van der Waals surface area contributed by atoms with Gasteiger partial charge < -0.3 is 10.1 Å². The van der Waals surface area contributed by atoms with Gasteiger partial charge in [-0.3, -0.25) is 30.6 Å². The maximum atomic E-state index is 12.3. The number of anilines is 1. The number of carbonyl (C=O) groups excluding carboxylic acids is 3. The Bertz CT molecular complexity index is 941. The van der Waals surface area contributed by atoms with Crippen molar-refractivity contribution in [2.24, 2.45) is 5.92 Å². The van der Waals surface area contributed by atoms with Crippen molar-refractivity contribution in [2.75, 3.05) is 5.32 Å². The number of rotatable bonds is 6. The first-order valence-corrected chi connectivity index (χ1v) is 10.2. The van der Waals surface area contributed by atoms with Crippen LogP contribution in [0.4, 0.5) is 5.69 Å². The molecule has 0 spiro atoms. The van der Waals surface area contributed by atoms with Crippen LogP contribution in [-0.2, 0) is 4.79 Å². The van der Waals surface area contributed by atoms with Gasteiger partial charge in [0.1, 0.15) is 5.75 Å². The zero-order valence-electron chi connectivity index (χ0n) is 17.8. The zero-order chi connectivity index (χ0) is 23.0. The molecular weight excluding hydrogens is 416 g/mol. The van der Waals surface area contributed by atoms with Gasteiger partial charge in [-0.15, -0.1) is 0 Å². The van der Waals surface area contributed by atoms with E-state index in [-0.39, 0.29) is 23.0 Å². The van der Waals surface area contributed by atoms with E-state index in [1.165, 1.54) is 0 Å². The van der Waals surface area contributed by atoms with Crippen molar-refractivity contribution in [3.8, 4) is 5.75 Å². The molecule has 164 valence electrons. The third-order valence-electron chi connectivity index (χ3n) is 3.94. The topological polar surface area (TPSA) is 109 Å². The molecule has 4 N–H and O–H groups in total. The van der Waals surface area contributed by atoms with Gasteiger partial charge >= 0.3 is 0 Å². The average molecular weight is 443 g/mol. The molecule has 0 aliphatic heterocycles. The number of hydrogen-bond donors (Lipinski definition) is 4. The summed E-state index contributed by atoms with van der Waals surface area (Å²) < 4.78 is 5.54. The van der Waals surface area contributed by atoms with Gasteiger partial charge in [0.2, 0.25) is 5.91 Å².